The van der Waals surface area contributed by atoms with Crippen LogP contribution in [0.15, 0.2) is 11.8 Å². The molecule has 1 fully saturated rings. The van der Waals surface area contributed by atoms with Gasteiger partial charge in [-0.3, -0.25) is 0 Å². The quantitative estimate of drug-likeness (QED) is 0.360. The maximum Gasteiger partial charge on any atom is 0.0954 e. The SMILES string of the molecule is CCCCNCC(CC)CC[C@@H](C)OC1=CC[C@]2(C)CNC[C@H]([C@H](C)CC)[C@H]2C1. The molecule has 3 heteroatoms. The van der Waals surface area contributed by atoms with E-state index in [1.54, 1.807) is 0 Å². The third kappa shape index (κ3) is 7.28. The van der Waals surface area contributed by atoms with Gasteiger partial charge in [0.1, 0.15) is 0 Å². The zero-order valence-electron chi connectivity index (χ0n) is 20.4. The van der Waals surface area contributed by atoms with Gasteiger partial charge in [-0.05, 0) is 87.4 Å². The Morgan fingerprint density at radius 1 is 1.21 bits per heavy atom. The number of nitrogens with one attached hydrogen (secondary N) is 2. The van der Waals surface area contributed by atoms with E-state index >= 15 is 0 Å². The van der Waals surface area contributed by atoms with E-state index in [4.69, 9.17) is 4.74 Å². The van der Waals surface area contributed by atoms with E-state index in [-0.39, 0.29) is 0 Å². The van der Waals surface area contributed by atoms with Gasteiger partial charge >= 0.3 is 0 Å². The van der Waals surface area contributed by atoms with Crippen molar-refractivity contribution in [3.05, 3.63) is 11.8 Å². The Kier molecular flexibility index (Phi) is 10.5. The summed E-state index contributed by atoms with van der Waals surface area (Å²) in [6.07, 6.45) is 12.6. The third-order valence-electron chi connectivity index (χ3n) is 7.96. The van der Waals surface area contributed by atoms with E-state index in [0.29, 0.717) is 11.5 Å². The molecule has 6 atom stereocenters. The summed E-state index contributed by atoms with van der Waals surface area (Å²) in [5.41, 5.74) is 0.403. The van der Waals surface area contributed by atoms with Crippen LogP contribution in [-0.2, 0) is 4.74 Å². The van der Waals surface area contributed by atoms with Crippen molar-refractivity contribution in [3.8, 4) is 0 Å². The highest BCUT2D eigenvalue weighted by atomic mass is 16.5. The normalized spacial score (nSPS) is 30.2. The first-order valence-corrected chi connectivity index (χ1v) is 12.7. The number of hydrogen-bond donors (Lipinski definition) is 2. The Morgan fingerprint density at radius 3 is 2.69 bits per heavy atom. The highest BCUT2D eigenvalue weighted by Gasteiger charge is 2.45. The summed E-state index contributed by atoms with van der Waals surface area (Å²) in [6, 6.07) is 0. The molecule has 3 nitrogen and oxygen atoms in total. The number of unbranched alkanes of at least 4 members (excludes halogenated alkanes) is 1. The lowest BCUT2D eigenvalue weighted by molar-refractivity contribution is 0.00974. The molecule has 1 aliphatic carbocycles. The highest BCUT2D eigenvalue weighted by Crippen LogP contribution is 2.48. The lowest BCUT2D eigenvalue weighted by Crippen LogP contribution is -2.53. The summed E-state index contributed by atoms with van der Waals surface area (Å²) >= 11 is 0. The average molecular weight is 407 g/mol. The molecule has 0 aromatic carbocycles. The van der Waals surface area contributed by atoms with Crippen molar-refractivity contribution in [1.29, 1.82) is 0 Å². The minimum absolute atomic E-state index is 0.332. The second kappa shape index (κ2) is 12.3. The fourth-order valence-electron chi connectivity index (χ4n) is 5.43. The maximum atomic E-state index is 6.51. The van der Waals surface area contributed by atoms with Gasteiger partial charge in [0, 0.05) is 13.0 Å². The molecule has 0 radical (unpaired) electrons. The summed E-state index contributed by atoms with van der Waals surface area (Å²) in [7, 11) is 0. The summed E-state index contributed by atoms with van der Waals surface area (Å²) in [5.74, 6) is 4.39. The van der Waals surface area contributed by atoms with Crippen LogP contribution in [0, 0.1) is 29.1 Å². The molecule has 29 heavy (non-hydrogen) atoms. The van der Waals surface area contributed by atoms with Crippen molar-refractivity contribution in [2.75, 3.05) is 26.2 Å². The lowest BCUT2D eigenvalue weighted by Gasteiger charge is -2.50. The molecule has 170 valence electrons. The smallest absolute Gasteiger partial charge is 0.0954 e. The molecule has 2 aliphatic rings. The van der Waals surface area contributed by atoms with Gasteiger partial charge < -0.3 is 15.4 Å². The van der Waals surface area contributed by atoms with Crippen LogP contribution in [0.5, 0.6) is 0 Å². The van der Waals surface area contributed by atoms with E-state index in [9.17, 15) is 0 Å². The zero-order chi connectivity index (χ0) is 21.3. The van der Waals surface area contributed by atoms with Crippen molar-refractivity contribution < 1.29 is 4.74 Å². The van der Waals surface area contributed by atoms with Crippen LogP contribution in [0.25, 0.3) is 0 Å². The van der Waals surface area contributed by atoms with E-state index in [2.05, 4.69) is 58.3 Å². The molecular formula is C26H50N2O. The summed E-state index contributed by atoms with van der Waals surface area (Å²) in [4.78, 5) is 0. The summed E-state index contributed by atoms with van der Waals surface area (Å²) < 4.78 is 6.51. The van der Waals surface area contributed by atoms with Crippen LogP contribution in [0.2, 0.25) is 0 Å². The monoisotopic (exact) mass is 406 g/mol. The molecule has 1 saturated heterocycles. The number of fused-ring (bicyclic) bond motifs is 1. The van der Waals surface area contributed by atoms with Crippen LogP contribution in [0.3, 0.4) is 0 Å². The number of hydrogen-bond acceptors (Lipinski definition) is 3. The number of rotatable bonds is 13. The third-order valence-corrected chi connectivity index (χ3v) is 7.96. The van der Waals surface area contributed by atoms with Gasteiger partial charge in [-0.1, -0.05) is 53.9 Å². The van der Waals surface area contributed by atoms with Crippen molar-refractivity contribution in [3.63, 3.8) is 0 Å². The summed E-state index contributed by atoms with van der Waals surface area (Å²) in [6.45, 7) is 18.8. The van der Waals surface area contributed by atoms with Crippen molar-refractivity contribution in [1.82, 2.24) is 10.6 Å². The first-order valence-electron chi connectivity index (χ1n) is 12.7. The van der Waals surface area contributed by atoms with Gasteiger partial charge in [-0.25, -0.2) is 0 Å². The van der Waals surface area contributed by atoms with E-state index in [1.165, 1.54) is 57.2 Å². The minimum atomic E-state index is 0.332. The van der Waals surface area contributed by atoms with E-state index in [1.807, 2.05) is 0 Å². The van der Waals surface area contributed by atoms with Gasteiger partial charge in [-0.15, -0.1) is 0 Å². The predicted octanol–water partition coefficient (Wildman–Crippen LogP) is 6.15. The van der Waals surface area contributed by atoms with Gasteiger partial charge in [0.15, 0.2) is 0 Å². The van der Waals surface area contributed by atoms with E-state index < -0.39 is 0 Å². The zero-order valence-corrected chi connectivity index (χ0v) is 20.4. The van der Waals surface area contributed by atoms with Crippen molar-refractivity contribution in [2.45, 2.75) is 99.0 Å². The second-order valence-electron chi connectivity index (χ2n) is 10.4. The highest BCUT2D eigenvalue weighted by molar-refractivity contribution is 5.11. The molecule has 0 spiro atoms. The predicted molar refractivity (Wildman–Crippen MR) is 126 cm³/mol. The average Bonchev–Trinajstić information content (AvgIpc) is 2.72. The van der Waals surface area contributed by atoms with Crippen LogP contribution < -0.4 is 10.6 Å². The minimum Gasteiger partial charge on any atom is -0.495 e. The van der Waals surface area contributed by atoms with Gasteiger partial charge in [0.2, 0.25) is 0 Å². The molecule has 0 aromatic rings. The van der Waals surface area contributed by atoms with Crippen LogP contribution >= 0.6 is 0 Å². The molecule has 0 bridgehead atoms. The molecule has 1 aliphatic heterocycles. The standard InChI is InChI=1S/C26H50N2O/c1-7-10-15-27-17-22(9-3)12-11-21(5)29-23-13-14-26(6)19-28-18-24(20(4)8-2)25(26)16-23/h13,20-22,24-25,27-28H,7-12,14-19H2,1-6H3/t20-,21-,22?,24-,25-,26-/m1/s1. The number of ether oxygens (including phenoxy) is 1. The Labute approximate surface area is 181 Å². The van der Waals surface area contributed by atoms with Crippen LogP contribution in [0.1, 0.15) is 92.9 Å². The van der Waals surface area contributed by atoms with Gasteiger partial charge in [0.05, 0.1) is 11.9 Å². The Bertz CT molecular complexity index is 491. The van der Waals surface area contributed by atoms with Crippen LogP contribution in [-0.4, -0.2) is 32.3 Å². The molecule has 1 heterocycles. The molecular weight excluding hydrogens is 356 g/mol. The maximum absolute atomic E-state index is 6.51. The number of allylic oxidation sites excluding steroid dienone is 2. The first kappa shape index (κ1) is 24.7. The molecule has 0 amide bonds. The first-order chi connectivity index (χ1) is 13.9. The van der Waals surface area contributed by atoms with Crippen molar-refractivity contribution >= 4 is 0 Å². The molecule has 0 saturated carbocycles. The molecule has 2 N–H and O–H groups in total. The Hall–Kier alpha value is -0.540. The largest absolute Gasteiger partial charge is 0.495 e. The molecule has 1 unspecified atom stereocenters. The molecule has 2 rings (SSSR count). The van der Waals surface area contributed by atoms with Gasteiger partial charge in [-0.2, -0.15) is 0 Å². The number of piperidine rings is 1. The Morgan fingerprint density at radius 2 is 2.00 bits per heavy atom. The van der Waals surface area contributed by atoms with Crippen molar-refractivity contribution in [2.24, 2.45) is 29.1 Å². The topological polar surface area (TPSA) is 33.3 Å². The van der Waals surface area contributed by atoms with Crippen LogP contribution in [0.4, 0.5) is 0 Å². The van der Waals surface area contributed by atoms with Gasteiger partial charge in [0.25, 0.3) is 0 Å². The molecule has 0 aromatic heterocycles. The fourth-order valence-corrected chi connectivity index (χ4v) is 5.43. The second-order valence-corrected chi connectivity index (χ2v) is 10.4. The Balaban J connectivity index is 1.83. The summed E-state index contributed by atoms with van der Waals surface area (Å²) in [5, 5.41) is 7.37. The lowest BCUT2D eigenvalue weighted by atomic mass is 9.59. The van der Waals surface area contributed by atoms with E-state index in [0.717, 1.165) is 49.7 Å². The fraction of sp³-hybridized carbons (Fsp3) is 0.923.